The minimum Gasteiger partial charge on any atom is -0.463 e. The number of hydrogen-bond acceptors (Lipinski definition) is 7. The number of halogens is 2. The number of carbonyl (C=O) groups is 1. The van der Waals surface area contributed by atoms with E-state index in [2.05, 4.69) is 20.9 Å². The number of thiazole rings is 1. The van der Waals surface area contributed by atoms with Crippen molar-refractivity contribution in [3.63, 3.8) is 0 Å². The summed E-state index contributed by atoms with van der Waals surface area (Å²) in [4.78, 5) is 34.0. The number of esters is 1. The number of carbonyl (C=O) groups excluding carboxylic acids is 1. The molecule has 0 radical (unpaired) electrons. The number of fused-ring (bicyclic) bond motifs is 1. The standard InChI is InChI=1S/C29H25BrClN3O4S/c1-5-37-28(36)25-16(2)32-29-34(26(25)17-6-9-19(10-7-17)33(3)4)27(35)24(39-29)15-20-11-13-23(38-20)18-8-12-21(30)22(31)14-18/h6-15,26H,5H2,1-4H3/b24-15-/t26-/m1/s1. The molecule has 4 aromatic rings. The summed E-state index contributed by atoms with van der Waals surface area (Å²) >= 11 is 10.9. The van der Waals surface area contributed by atoms with Gasteiger partial charge in [0.1, 0.15) is 11.5 Å². The van der Waals surface area contributed by atoms with E-state index in [0.717, 1.165) is 21.3 Å². The number of hydrogen-bond donors (Lipinski definition) is 0. The van der Waals surface area contributed by atoms with E-state index in [1.54, 1.807) is 30.6 Å². The van der Waals surface area contributed by atoms with Gasteiger partial charge in [0.2, 0.25) is 0 Å². The highest BCUT2D eigenvalue weighted by atomic mass is 79.9. The molecule has 0 saturated heterocycles. The first-order chi connectivity index (χ1) is 18.7. The van der Waals surface area contributed by atoms with Gasteiger partial charge in [-0.1, -0.05) is 41.1 Å². The lowest BCUT2D eigenvalue weighted by Crippen LogP contribution is -2.39. The maximum Gasteiger partial charge on any atom is 0.338 e. The Hall–Kier alpha value is -3.40. The Balaban J connectivity index is 1.62. The summed E-state index contributed by atoms with van der Waals surface area (Å²) in [6.07, 6.45) is 1.70. The van der Waals surface area contributed by atoms with Crippen LogP contribution in [0.5, 0.6) is 0 Å². The summed E-state index contributed by atoms with van der Waals surface area (Å²) in [5.41, 5.74) is 3.22. The zero-order valence-electron chi connectivity index (χ0n) is 21.7. The molecule has 200 valence electrons. The average Bonchev–Trinajstić information content (AvgIpc) is 3.49. The molecule has 2 aromatic carbocycles. The summed E-state index contributed by atoms with van der Waals surface area (Å²) < 4.78 is 14.2. The fourth-order valence-electron chi connectivity index (χ4n) is 4.43. The van der Waals surface area contributed by atoms with E-state index in [0.29, 0.717) is 37.1 Å². The first kappa shape index (κ1) is 27.2. The molecule has 10 heteroatoms. The van der Waals surface area contributed by atoms with Gasteiger partial charge in [-0.15, -0.1) is 0 Å². The molecule has 0 fully saturated rings. The summed E-state index contributed by atoms with van der Waals surface area (Å²) in [6.45, 7) is 3.74. The van der Waals surface area contributed by atoms with Gasteiger partial charge in [0.05, 0.1) is 33.5 Å². The van der Waals surface area contributed by atoms with Gasteiger partial charge in [-0.2, -0.15) is 0 Å². The molecule has 0 aliphatic carbocycles. The van der Waals surface area contributed by atoms with Gasteiger partial charge in [0, 0.05) is 35.9 Å². The second-order valence-electron chi connectivity index (χ2n) is 9.12. The smallest absolute Gasteiger partial charge is 0.338 e. The van der Waals surface area contributed by atoms with E-state index in [4.69, 9.17) is 20.8 Å². The normalized spacial score (nSPS) is 15.2. The largest absolute Gasteiger partial charge is 0.463 e. The minimum absolute atomic E-state index is 0.219. The van der Waals surface area contributed by atoms with Gasteiger partial charge in [-0.3, -0.25) is 9.36 Å². The van der Waals surface area contributed by atoms with Crippen LogP contribution in [-0.4, -0.2) is 31.2 Å². The topological polar surface area (TPSA) is 77.0 Å². The van der Waals surface area contributed by atoms with E-state index in [1.807, 2.05) is 67.5 Å². The molecular weight excluding hydrogens is 602 g/mol. The van der Waals surface area contributed by atoms with Crippen molar-refractivity contribution >= 4 is 56.6 Å². The molecule has 1 aliphatic rings. The Morgan fingerprint density at radius 1 is 1.21 bits per heavy atom. The van der Waals surface area contributed by atoms with Gasteiger partial charge in [0.25, 0.3) is 5.56 Å². The van der Waals surface area contributed by atoms with E-state index in [-0.39, 0.29) is 12.2 Å². The van der Waals surface area contributed by atoms with Crippen LogP contribution < -0.4 is 19.8 Å². The number of allylic oxidation sites excluding steroid dienone is 1. The molecule has 3 heterocycles. The molecule has 0 unspecified atom stereocenters. The zero-order valence-corrected chi connectivity index (χ0v) is 24.9. The Morgan fingerprint density at radius 3 is 2.62 bits per heavy atom. The molecule has 1 aliphatic heterocycles. The first-order valence-corrected chi connectivity index (χ1v) is 14.2. The van der Waals surface area contributed by atoms with E-state index in [9.17, 15) is 9.59 Å². The third-order valence-corrected chi connectivity index (χ3v) is 8.56. The fraction of sp³-hybridized carbons (Fsp3) is 0.207. The first-order valence-electron chi connectivity index (χ1n) is 12.2. The van der Waals surface area contributed by atoms with Crippen molar-refractivity contribution in [1.82, 2.24) is 4.57 Å². The van der Waals surface area contributed by atoms with Gasteiger partial charge in [0.15, 0.2) is 4.80 Å². The third-order valence-electron chi connectivity index (χ3n) is 6.35. The number of aromatic nitrogens is 1. The summed E-state index contributed by atoms with van der Waals surface area (Å²) in [5.74, 6) is 0.656. The van der Waals surface area contributed by atoms with Gasteiger partial charge >= 0.3 is 5.97 Å². The Kier molecular flexibility index (Phi) is 7.66. The van der Waals surface area contributed by atoms with Crippen molar-refractivity contribution in [1.29, 1.82) is 0 Å². The van der Waals surface area contributed by atoms with E-state index in [1.165, 1.54) is 11.3 Å². The van der Waals surface area contributed by atoms with Crippen molar-refractivity contribution in [3.8, 4) is 11.3 Å². The Morgan fingerprint density at radius 2 is 1.95 bits per heavy atom. The van der Waals surface area contributed by atoms with Crippen LogP contribution in [0, 0.1) is 0 Å². The van der Waals surface area contributed by atoms with Crippen LogP contribution in [0.2, 0.25) is 5.02 Å². The zero-order chi connectivity index (χ0) is 27.8. The number of nitrogens with zero attached hydrogens (tertiary/aromatic N) is 3. The Bertz CT molecular complexity index is 1780. The molecule has 0 N–H and O–H groups in total. The summed E-state index contributed by atoms with van der Waals surface area (Å²) in [6, 6.07) is 16.3. The fourth-order valence-corrected chi connectivity index (χ4v) is 5.88. The minimum atomic E-state index is -0.671. The quantitative estimate of drug-likeness (QED) is 0.263. The lowest BCUT2D eigenvalue weighted by Gasteiger charge is -2.25. The molecule has 0 spiro atoms. The van der Waals surface area contributed by atoms with Crippen molar-refractivity contribution in [3.05, 3.63) is 106 Å². The summed E-state index contributed by atoms with van der Waals surface area (Å²) in [5, 5.41) is 0.574. The van der Waals surface area contributed by atoms with Crippen molar-refractivity contribution < 1.29 is 13.9 Å². The van der Waals surface area contributed by atoms with Gasteiger partial charge in [-0.25, -0.2) is 9.79 Å². The molecule has 0 amide bonds. The van der Waals surface area contributed by atoms with Gasteiger partial charge in [-0.05, 0) is 71.7 Å². The molecule has 1 atom stereocenters. The maximum atomic E-state index is 13.8. The summed E-state index contributed by atoms with van der Waals surface area (Å²) in [7, 11) is 3.91. The molecular formula is C29H25BrClN3O4S. The molecule has 0 saturated carbocycles. The van der Waals surface area contributed by atoms with Crippen LogP contribution >= 0.6 is 38.9 Å². The molecule has 39 heavy (non-hydrogen) atoms. The van der Waals surface area contributed by atoms with Crippen molar-refractivity contribution in [2.24, 2.45) is 4.99 Å². The predicted octanol–water partition coefficient (Wildman–Crippen LogP) is 5.54. The monoisotopic (exact) mass is 625 g/mol. The highest BCUT2D eigenvalue weighted by Crippen LogP contribution is 2.32. The van der Waals surface area contributed by atoms with Crippen LogP contribution in [0.15, 0.2) is 84.5 Å². The average molecular weight is 627 g/mol. The molecule has 0 bridgehead atoms. The highest BCUT2D eigenvalue weighted by Gasteiger charge is 2.33. The van der Waals surface area contributed by atoms with E-state index >= 15 is 0 Å². The second kappa shape index (κ2) is 11.0. The van der Waals surface area contributed by atoms with E-state index < -0.39 is 12.0 Å². The van der Waals surface area contributed by atoms with Crippen molar-refractivity contribution in [2.45, 2.75) is 19.9 Å². The van der Waals surface area contributed by atoms with Crippen LogP contribution in [0.3, 0.4) is 0 Å². The number of rotatable bonds is 6. The molecule has 5 rings (SSSR count). The maximum absolute atomic E-state index is 13.8. The van der Waals surface area contributed by atoms with Crippen LogP contribution in [-0.2, 0) is 9.53 Å². The lowest BCUT2D eigenvalue weighted by atomic mass is 9.95. The number of benzene rings is 2. The highest BCUT2D eigenvalue weighted by molar-refractivity contribution is 9.10. The number of furan rings is 1. The Labute approximate surface area is 242 Å². The predicted molar refractivity (Wildman–Crippen MR) is 158 cm³/mol. The SMILES string of the molecule is CCOC(=O)C1=C(C)N=c2s/c(=C\c3ccc(-c4ccc(Br)c(Cl)c4)o3)c(=O)n2[C@@H]1c1ccc(N(C)C)cc1. The number of ether oxygens (including phenoxy) is 1. The van der Waals surface area contributed by atoms with Gasteiger partial charge < -0.3 is 14.1 Å². The second-order valence-corrected chi connectivity index (χ2v) is 11.4. The molecule has 7 nitrogen and oxygen atoms in total. The third kappa shape index (κ3) is 5.26. The molecule has 2 aromatic heterocycles. The van der Waals surface area contributed by atoms with Crippen LogP contribution in [0.25, 0.3) is 17.4 Å². The van der Waals surface area contributed by atoms with Crippen LogP contribution in [0.4, 0.5) is 5.69 Å². The van der Waals surface area contributed by atoms with Crippen molar-refractivity contribution in [2.75, 3.05) is 25.6 Å². The van der Waals surface area contributed by atoms with Crippen LogP contribution in [0.1, 0.15) is 31.2 Å². The lowest BCUT2D eigenvalue weighted by molar-refractivity contribution is -0.139. The number of anilines is 1.